The Balaban J connectivity index is 1.41. The zero-order valence-electron chi connectivity index (χ0n) is 24.4. The molecule has 0 radical (unpaired) electrons. The van der Waals surface area contributed by atoms with Gasteiger partial charge in [0.1, 0.15) is 0 Å². The van der Waals surface area contributed by atoms with Crippen molar-refractivity contribution in [1.29, 1.82) is 0 Å². The van der Waals surface area contributed by atoms with Gasteiger partial charge in [0.25, 0.3) is 0 Å². The fraction of sp³-hybridized carbons (Fsp3) is 0.471. The molecule has 0 saturated carbocycles. The average molecular weight is 559 g/mol. The standard InChI is InChI=1S/C34H42N2O3S/c1-24(2)40-36-21-18-34(19-22-36,27-9-7-6-8-10-27)31(39)35-20-16-29-32(3,4)28(15-17-33(29,5)23-35)25-11-13-26(14-12-25)30(37)38/h6-16,24H,17-23H2,1-5H3,(H,37,38)/t33-/m1/s1. The third kappa shape index (κ3) is 5.16. The molecule has 212 valence electrons. The van der Waals surface area contributed by atoms with Crippen LogP contribution < -0.4 is 0 Å². The maximum atomic E-state index is 14.6. The van der Waals surface area contributed by atoms with E-state index in [1.54, 1.807) is 12.1 Å². The molecule has 5 nitrogen and oxygen atoms in total. The number of aromatic carboxylic acids is 1. The minimum absolute atomic E-state index is 0.145. The average Bonchev–Trinajstić information content (AvgIpc) is 2.93. The van der Waals surface area contributed by atoms with E-state index in [1.807, 2.05) is 30.1 Å². The van der Waals surface area contributed by atoms with Crippen molar-refractivity contribution < 1.29 is 14.7 Å². The number of allylic oxidation sites excluding steroid dienone is 2. The van der Waals surface area contributed by atoms with Crippen molar-refractivity contribution >= 4 is 29.4 Å². The van der Waals surface area contributed by atoms with Gasteiger partial charge in [0.2, 0.25) is 5.91 Å². The first kappa shape index (κ1) is 28.7. The third-order valence-electron chi connectivity index (χ3n) is 9.21. The number of hydrogen-bond acceptors (Lipinski definition) is 4. The first-order chi connectivity index (χ1) is 19.0. The van der Waals surface area contributed by atoms with Crippen LogP contribution in [0.4, 0.5) is 0 Å². The molecule has 3 aliphatic rings. The van der Waals surface area contributed by atoms with E-state index in [9.17, 15) is 14.7 Å². The summed E-state index contributed by atoms with van der Waals surface area (Å²) in [5, 5.41) is 9.86. The van der Waals surface area contributed by atoms with Gasteiger partial charge in [0.05, 0.1) is 11.0 Å². The molecule has 40 heavy (non-hydrogen) atoms. The number of carbonyl (C=O) groups is 2. The maximum Gasteiger partial charge on any atom is 0.335 e. The summed E-state index contributed by atoms with van der Waals surface area (Å²) in [5.41, 5.74) is 4.25. The second-order valence-electron chi connectivity index (χ2n) is 12.7. The lowest BCUT2D eigenvalue weighted by Gasteiger charge is -2.52. The van der Waals surface area contributed by atoms with Gasteiger partial charge in [-0.1, -0.05) is 107 Å². The highest BCUT2D eigenvalue weighted by atomic mass is 32.2. The van der Waals surface area contributed by atoms with Gasteiger partial charge in [-0.3, -0.25) is 9.10 Å². The maximum absolute atomic E-state index is 14.6. The summed E-state index contributed by atoms with van der Waals surface area (Å²) in [5.74, 6) is -0.644. The van der Waals surface area contributed by atoms with Crippen LogP contribution in [0, 0.1) is 10.8 Å². The minimum atomic E-state index is -0.909. The smallest absolute Gasteiger partial charge is 0.335 e. The Morgan fingerprint density at radius 2 is 1.57 bits per heavy atom. The summed E-state index contributed by atoms with van der Waals surface area (Å²) in [4.78, 5) is 28.0. The van der Waals surface area contributed by atoms with Crippen molar-refractivity contribution in [2.24, 2.45) is 10.8 Å². The van der Waals surface area contributed by atoms with E-state index < -0.39 is 11.4 Å². The molecule has 1 saturated heterocycles. The lowest BCUT2D eigenvalue weighted by atomic mass is 9.58. The highest BCUT2D eigenvalue weighted by Crippen LogP contribution is 2.55. The van der Waals surface area contributed by atoms with E-state index >= 15 is 0 Å². The second-order valence-corrected chi connectivity index (χ2v) is 14.4. The summed E-state index contributed by atoms with van der Waals surface area (Å²) >= 11 is 1.90. The van der Waals surface area contributed by atoms with E-state index in [4.69, 9.17) is 0 Å². The van der Waals surface area contributed by atoms with E-state index in [2.05, 4.69) is 80.2 Å². The highest BCUT2D eigenvalue weighted by Gasteiger charge is 2.50. The van der Waals surface area contributed by atoms with Crippen molar-refractivity contribution in [1.82, 2.24) is 9.21 Å². The number of nitrogens with zero attached hydrogens (tertiary/aromatic N) is 2. The fourth-order valence-corrected chi connectivity index (χ4v) is 8.30. The lowest BCUT2D eigenvalue weighted by Crippen LogP contribution is -2.56. The van der Waals surface area contributed by atoms with Crippen molar-refractivity contribution in [2.75, 3.05) is 26.2 Å². The molecule has 5 rings (SSSR count). The zero-order chi connectivity index (χ0) is 28.7. The van der Waals surface area contributed by atoms with Gasteiger partial charge >= 0.3 is 5.97 Å². The molecular weight excluding hydrogens is 516 g/mol. The van der Waals surface area contributed by atoms with Gasteiger partial charge < -0.3 is 10.0 Å². The topological polar surface area (TPSA) is 60.9 Å². The Hall–Kier alpha value is -2.83. The predicted molar refractivity (Wildman–Crippen MR) is 164 cm³/mol. The van der Waals surface area contributed by atoms with Crippen LogP contribution in [0.3, 0.4) is 0 Å². The molecule has 1 amide bonds. The van der Waals surface area contributed by atoms with Gasteiger partial charge in [-0.15, -0.1) is 0 Å². The summed E-state index contributed by atoms with van der Waals surface area (Å²) < 4.78 is 2.44. The van der Waals surface area contributed by atoms with Crippen LogP contribution >= 0.6 is 11.9 Å². The van der Waals surface area contributed by atoms with E-state index in [0.717, 1.165) is 43.5 Å². The Morgan fingerprint density at radius 1 is 0.925 bits per heavy atom. The number of carboxylic acids is 1. The van der Waals surface area contributed by atoms with E-state index in [-0.39, 0.29) is 16.7 Å². The molecule has 1 N–H and O–H groups in total. The number of hydrogen-bond donors (Lipinski definition) is 1. The minimum Gasteiger partial charge on any atom is -0.478 e. The van der Waals surface area contributed by atoms with E-state index in [0.29, 0.717) is 23.9 Å². The fourth-order valence-electron chi connectivity index (χ4n) is 7.31. The van der Waals surface area contributed by atoms with Crippen molar-refractivity contribution in [3.8, 4) is 0 Å². The molecule has 1 aliphatic carbocycles. The molecule has 6 heteroatoms. The molecule has 0 aromatic heterocycles. The van der Waals surface area contributed by atoms with Crippen LogP contribution in [0.5, 0.6) is 0 Å². The van der Waals surface area contributed by atoms with Crippen LogP contribution in [0.2, 0.25) is 0 Å². The normalized spacial score (nSPS) is 24.2. The third-order valence-corrected chi connectivity index (χ3v) is 10.3. The number of carboxylic acid groups (broad SMARTS) is 1. The Kier molecular flexibility index (Phi) is 7.79. The monoisotopic (exact) mass is 558 g/mol. The van der Waals surface area contributed by atoms with Crippen LogP contribution in [0.25, 0.3) is 5.57 Å². The lowest BCUT2D eigenvalue weighted by molar-refractivity contribution is -0.140. The summed E-state index contributed by atoms with van der Waals surface area (Å²) in [6, 6.07) is 17.7. The highest BCUT2D eigenvalue weighted by molar-refractivity contribution is 7.97. The van der Waals surface area contributed by atoms with Crippen molar-refractivity contribution in [2.45, 2.75) is 64.5 Å². The largest absolute Gasteiger partial charge is 0.478 e. The second kappa shape index (κ2) is 10.9. The van der Waals surface area contributed by atoms with Crippen LogP contribution in [0.1, 0.15) is 75.4 Å². The summed E-state index contributed by atoms with van der Waals surface area (Å²) in [6.45, 7) is 14.4. The summed E-state index contributed by atoms with van der Waals surface area (Å²) in [7, 11) is 0. The Morgan fingerprint density at radius 3 is 2.17 bits per heavy atom. The number of amides is 1. The molecule has 0 bridgehead atoms. The van der Waals surface area contributed by atoms with Gasteiger partial charge in [0, 0.05) is 42.3 Å². The molecular formula is C34H42N2O3S. The Bertz CT molecular complexity index is 1320. The zero-order valence-corrected chi connectivity index (χ0v) is 25.3. The van der Waals surface area contributed by atoms with Crippen LogP contribution in [0.15, 0.2) is 72.3 Å². The molecule has 2 heterocycles. The molecule has 0 spiro atoms. The number of fused-ring (bicyclic) bond motifs is 1. The molecule has 0 unspecified atom stereocenters. The quantitative estimate of drug-likeness (QED) is 0.304. The van der Waals surface area contributed by atoms with Gasteiger partial charge in [-0.05, 0) is 48.1 Å². The predicted octanol–water partition coefficient (Wildman–Crippen LogP) is 7.06. The first-order valence-corrected chi connectivity index (χ1v) is 15.3. The molecule has 2 aliphatic heterocycles. The molecule has 2 aromatic carbocycles. The number of piperidine rings is 1. The summed E-state index contributed by atoms with van der Waals surface area (Å²) in [6.07, 6.45) is 7.14. The van der Waals surface area contributed by atoms with Crippen LogP contribution in [-0.2, 0) is 10.2 Å². The SMILES string of the molecule is CC(C)SN1CCC(C(=O)N2CC=C3C(C)(C)C(c4ccc(C(=O)O)cc4)=CC[C@]3(C)C2)(c2ccccc2)CC1. The van der Waals surface area contributed by atoms with Crippen molar-refractivity contribution in [3.63, 3.8) is 0 Å². The van der Waals surface area contributed by atoms with E-state index in [1.165, 1.54) is 11.1 Å². The van der Waals surface area contributed by atoms with Crippen molar-refractivity contribution in [3.05, 3.63) is 89.0 Å². The molecule has 2 aromatic rings. The number of rotatable bonds is 6. The number of benzene rings is 2. The Labute approximate surface area is 243 Å². The molecule has 1 fully saturated rings. The van der Waals surface area contributed by atoms with Gasteiger partial charge in [0.15, 0.2) is 0 Å². The first-order valence-electron chi connectivity index (χ1n) is 14.5. The van der Waals surface area contributed by atoms with Gasteiger partial charge in [-0.25, -0.2) is 4.79 Å². The number of carbonyl (C=O) groups excluding carboxylic acids is 1. The molecule has 1 atom stereocenters. The van der Waals surface area contributed by atoms with Gasteiger partial charge in [-0.2, -0.15) is 0 Å². The van der Waals surface area contributed by atoms with Crippen LogP contribution in [-0.4, -0.2) is 57.6 Å².